The standard InChI is InChI=1S/C10H10N4.2ClH/c11-7-3-4-13-10(5-7)9-2-1-8(12)6-14-9;;/h1-6H,12H2,(H2,11,13);2*1H. The van der Waals surface area contributed by atoms with Gasteiger partial charge in [0.1, 0.15) is 0 Å². The molecule has 0 aliphatic carbocycles. The molecule has 0 spiro atoms. The molecule has 0 saturated carbocycles. The van der Waals surface area contributed by atoms with E-state index in [0.29, 0.717) is 11.4 Å². The van der Waals surface area contributed by atoms with Crippen LogP contribution in [0.4, 0.5) is 11.4 Å². The molecule has 0 amide bonds. The van der Waals surface area contributed by atoms with Crippen molar-refractivity contribution in [3.05, 3.63) is 36.7 Å². The highest BCUT2D eigenvalue weighted by Crippen LogP contribution is 2.16. The minimum atomic E-state index is 0. The van der Waals surface area contributed by atoms with Crippen LogP contribution in [0.3, 0.4) is 0 Å². The number of nitrogens with zero attached hydrogens (tertiary/aromatic N) is 2. The average molecular weight is 259 g/mol. The second kappa shape index (κ2) is 6.15. The lowest BCUT2D eigenvalue weighted by molar-refractivity contribution is 1.25. The molecule has 16 heavy (non-hydrogen) atoms. The zero-order valence-electron chi connectivity index (χ0n) is 8.33. The zero-order chi connectivity index (χ0) is 9.97. The molecule has 6 heteroatoms. The Hall–Kier alpha value is -1.52. The van der Waals surface area contributed by atoms with Gasteiger partial charge in [0.15, 0.2) is 0 Å². The van der Waals surface area contributed by atoms with Crippen LogP contribution >= 0.6 is 24.8 Å². The second-order valence-corrected chi connectivity index (χ2v) is 2.95. The van der Waals surface area contributed by atoms with E-state index in [1.807, 2.05) is 6.07 Å². The van der Waals surface area contributed by atoms with Crippen LogP contribution in [-0.4, -0.2) is 9.97 Å². The highest BCUT2D eigenvalue weighted by molar-refractivity contribution is 5.85. The fourth-order valence-corrected chi connectivity index (χ4v) is 1.14. The van der Waals surface area contributed by atoms with Crippen LogP contribution < -0.4 is 11.5 Å². The third-order valence-electron chi connectivity index (χ3n) is 1.83. The maximum atomic E-state index is 5.63. The van der Waals surface area contributed by atoms with E-state index in [4.69, 9.17) is 11.5 Å². The predicted molar refractivity (Wildman–Crippen MR) is 70.8 cm³/mol. The molecule has 86 valence electrons. The summed E-state index contributed by atoms with van der Waals surface area (Å²) in [5, 5.41) is 0. The third-order valence-corrected chi connectivity index (χ3v) is 1.83. The Labute approximate surface area is 106 Å². The van der Waals surface area contributed by atoms with Gasteiger partial charge in [-0.2, -0.15) is 0 Å². The van der Waals surface area contributed by atoms with Crippen molar-refractivity contribution in [2.45, 2.75) is 0 Å². The SMILES string of the molecule is Cl.Cl.Nc1ccc(-c2cc(N)ccn2)nc1. The fraction of sp³-hybridized carbons (Fsp3) is 0. The predicted octanol–water partition coefficient (Wildman–Crippen LogP) is 2.15. The van der Waals surface area contributed by atoms with Crippen LogP contribution in [0.5, 0.6) is 0 Å². The minimum absolute atomic E-state index is 0. The topological polar surface area (TPSA) is 77.8 Å². The molecule has 0 saturated heterocycles. The Morgan fingerprint density at radius 2 is 1.56 bits per heavy atom. The van der Waals surface area contributed by atoms with E-state index in [2.05, 4.69) is 9.97 Å². The molecule has 0 aromatic carbocycles. The van der Waals surface area contributed by atoms with Gasteiger partial charge in [0, 0.05) is 11.9 Å². The van der Waals surface area contributed by atoms with E-state index >= 15 is 0 Å². The summed E-state index contributed by atoms with van der Waals surface area (Å²) in [6.45, 7) is 0. The lowest BCUT2D eigenvalue weighted by Gasteiger charge is -2.00. The van der Waals surface area contributed by atoms with Crippen LogP contribution in [0.25, 0.3) is 11.4 Å². The van der Waals surface area contributed by atoms with Crippen molar-refractivity contribution in [2.75, 3.05) is 11.5 Å². The highest BCUT2D eigenvalue weighted by Gasteiger charge is 1.99. The van der Waals surface area contributed by atoms with Gasteiger partial charge in [-0.3, -0.25) is 9.97 Å². The molecule has 0 aliphatic heterocycles. The van der Waals surface area contributed by atoms with E-state index in [0.717, 1.165) is 11.4 Å². The molecule has 2 aromatic rings. The van der Waals surface area contributed by atoms with Crippen molar-refractivity contribution < 1.29 is 0 Å². The summed E-state index contributed by atoms with van der Waals surface area (Å²) in [6.07, 6.45) is 3.25. The summed E-state index contributed by atoms with van der Waals surface area (Å²) in [6, 6.07) is 7.11. The number of aromatic nitrogens is 2. The maximum absolute atomic E-state index is 5.63. The molecular formula is C10H12Cl2N4. The summed E-state index contributed by atoms with van der Waals surface area (Å²) >= 11 is 0. The summed E-state index contributed by atoms with van der Waals surface area (Å²) in [4.78, 5) is 8.30. The fourth-order valence-electron chi connectivity index (χ4n) is 1.14. The molecule has 0 fully saturated rings. The summed E-state index contributed by atoms with van der Waals surface area (Å²) in [5.74, 6) is 0. The van der Waals surface area contributed by atoms with Crippen LogP contribution in [0.2, 0.25) is 0 Å². The Morgan fingerprint density at radius 1 is 0.812 bits per heavy atom. The van der Waals surface area contributed by atoms with E-state index in [9.17, 15) is 0 Å². The van der Waals surface area contributed by atoms with Crippen molar-refractivity contribution in [1.29, 1.82) is 0 Å². The van der Waals surface area contributed by atoms with Crippen molar-refractivity contribution in [2.24, 2.45) is 0 Å². The molecule has 2 rings (SSSR count). The van der Waals surface area contributed by atoms with Gasteiger partial charge in [-0.05, 0) is 24.3 Å². The Morgan fingerprint density at radius 3 is 2.12 bits per heavy atom. The molecule has 0 aliphatic rings. The van der Waals surface area contributed by atoms with Crippen molar-refractivity contribution in [1.82, 2.24) is 9.97 Å². The minimum Gasteiger partial charge on any atom is -0.399 e. The van der Waals surface area contributed by atoms with Gasteiger partial charge < -0.3 is 11.5 Å². The lowest BCUT2D eigenvalue weighted by atomic mass is 10.2. The average Bonchev–Trinajstić information content (AvgIpc) is 2.19. The first-order chi connectivity index (χ1) is 6.75. The van der Waals surface area contributed by atoms with Gasteiger partial charge >= 0.3 is 0 Å². The number of anilines is 2. The molecule has 0 unspecified atom stereocenters. The number of halogens is 2. The number of rotatable bonds is 1. The first-order valence-corrected chi connectivity index (χ1v) is 4.19. The first kappa shape index (κ1) is 14.5. The maximum Gasteiger partial charge on any atom is 0.0906 e. The number of pyridine rings is 2. The van der Waals surface area contributed by atoms with Crippen LogP contribution in [0.15, 0.2) is 36.7 Å². The highest BCUT2D eigenvalue weighted by atomic mass is 35.5. The van der Waals surface area contributed by atoms with Gasteiger partial charge in [0.25, 0.3) is 0 Å². The largest absolute Gasteiger partial charge is 0.399 e. The number of nitrogens with two attached hydrogens (primary N) is 2. The van der Waals surface area contributed by atoms with E-state index in [1.54, 1.807) is 30.6 Å². The normalized spacial score (nSPS) is 8.75. The molecule has 4 nitrogen and oxygen atoms in total. The van der Waals surface area contributed by atoms with Gasteiger partial charge in [-0.1, -0.05) is 0 Å². The molecule has 2 aromatic heterocycles. The summed E-state index contributed by atoms with van der Waals surface area (Å²) in [7, 11) is 0. The Bertz CT molecular complexity index is 445. The van der Waals surface area contributed by atoms with Crippen molar-refractivity contribution in [3.63, 3.8) is 0 Å². The Kier molecular flexibility index (Phi) is 5.56. The quantitative estimate of drug-likeness (QED) is 0.822. The number of nitrogen functional groups attached to an aromatic ring is 2. The van der Waals surface area contributed by atoms with Gasteiger partial charge in [0.05, 0.1) is 23.3 Å². The molecule has 2 heterocycles. The summed E-state index contributed by atoms with van der Waals surface area (Å²) < 4.78 is 0. The van der Waals surface area contributed by atoms with Gasteiger partial charge in [0.2, 0.25) is 0 Å². The van der Waals surface area contributed by atoms with Gasteiger partial charge in [-0.15, -0.1) is 24.8 Å². The molecular weight excluding hydrogens is 247 g/mol. The smallest absolute Gasteiger partial charge is 0.0906 e. The monoisotopic (exact) mass is 258 g/mol. The molecule has 0 bridgehead atoms. The van der Waals surface area contributed by atoms with Gasteiger partial charge in [-0.25, -0.2) is 0 Å². The molecule has 0 radical (unpaired) electrons. The lowest BCUT2D eigenvalue weighted by Crippen LogP contribution is -1.92. The Balaban J connectivity index is 0.00000112. The summed E-state index contributed by atoms with van der Waals surface area (Å²) in [5.41, 5.74) is 14.0. The van der Waals surface area contributed by atoms with Crippen LogP contribution in [0, 0.1) is 0 Å². The van der Waals surface area contributed by atoms with Crippen LogP contribution in [0.1, 0.15) is 0 Å². The zero-order valence-corrected chi connectivity index (χ0v) is 9.96. The number of hydrogen-bond donors (Lipinski definition) is 2. The van der Waals surface area contributed by atoms with E-state index in [-0.39, 0.29) is 24.8 Å². The third kappa shape index (κ3) is 3.25. The van der Waals surface area contributed by atoms with E-state index in [1.165, 1.54) is 0 Å². The first-order valence-electron chi connectivity index (χ1n) is 4.19. The van der Waals surface area contributed by atoms with Crippen LogP contribution in [-0.2, 0) is 0 Å². The van der Waals surface area contributed by atoms with Crippen molar-refractivity contribution in [3.8, 4) is 11.4 Å². The van der Waals surface area contributed by atoms with Crippen molar-refractivity contribution >= 4 is 36.2 Å². The molecule has 4 N–H and O–H groups in total. The van der Waals surface area contributed by atoms with E-state index < -0.39 is 0 Å². The molecule has 0 atom stereocenters. The second-order valence-electron chi connectivity index (χ2n) is 2.95. The number of hydrogen-bond acceptors (Lipinski definition) is 4.